The summed E-state index contributed by atoms with van der Waals surface area (Å²) in [5.74, 6) is 1.91. The number of hydrogen-bond acceptors (Lipinski definition) is 8. The van der Waals surface area contributed by atoms with Crippen LogP contribution in [0.15, 0.2) is 97.1 Å². The minimum atomic E-state index is -0.433. The van der Waals surface area contributed by atoms with Crippen LogP contribution in [0.4, 0.5) is 14.4 Å². The molecule has 0 N–H and O–H groups in total. The maximum atomic E-state index is 11.2. The van der Waals surface area contributed by atoms with E-state index in [2.05, 4.69) is 34.0 Å². The Bertz CT molecular complexity index is 1600. The van der Waals surface area contributed by atoms with Crippen LogP contribution in [-0.4, -0.2) is 80.5 Å². The van der Waals surface area contributed by atoms with Crippen LogP contribution >= 0.6 is 21.3 Å². The van der Waals surface area contributed by atoms with Crippen LogP contribution < -0.4 is 14.2 Å². The van der Waals surface area contributed by atoms with Crippen molar-refractivity contribution in [2.75, 3.05) is 47.6 Å². The summed E-state index contributed by atoms with van der Waals surface area (Å²) in [6.07, 6.45) is 18.1. The van der Waals surface area contributed by atoms with E-state index in [0.29, 0.717) is 30.3 Å². The van der Waals surface area contributed by atoms with Crippen LogP contribution in [0.3, 0.4) is 0 Å². The summed E-state index contributed by atoms with van der Waals surface area (Å²) in [6.45, 7) is 5.27. The van der Waals surface area contributed by atoms with E-state index >= 15 is 0 Å². The molecule has 6 aliphatic rings. The zero-order valence-electron chi connectivity index (χ0n) is 34.9. The maximum absolute atomic E-state index is 11.2. The van der Waals surface area contributed by atoms with Crippen molar-refractivity contribution in [3.63, 3.8) is 0 Å². The molecule has 0 spiro atoms. The fourth-order valence-electron chi connectivity index (χ4n) is 5.57. The van der Waals surface area contributed by atoms with Crippen LogP contribution in [-0.2, 0) is 39.9 Å². The first-order valence-electron chi connectivity index (χ1n) is 19.0. The average Bonchev–Trinajstić information content (AvgIpc) is 4.01. The number of alkyl halides is 1. The molecule has 1 aliphatic carbocycles. The van der Waals surface area contributed by atoms with Gasteiger partial charge in [0.15, 0.2) is 0 Å². The monoisotopic (exact) mass is 943 g/mol. The zero-order chi connectivity index (χ0) is 41.3. The summed E-state index contributed by atoms with van der Waals surface area (Å²) in [7, 11) is 9.58. The quantitative estimate of drug-likeness (QED) is 0.0721. The minimum absolute atomic E-state index is 0. The molecule has 0 aromatic heterocycles. The Morgan fingerprint density at radius 1 is 0.525 bits per heavy atom. The fourth-order valence-corrected chi connectivity index (χ4v) is 5.83. The molecular formula is C45H60Cl2N3O8Rh. The first-order chi connectivity index (χ1) is 27.7. The van der Waals surface area contributed by atoms with Gasteiger partial charge in [-0.3, -0.25) is 4.90 Å². The summed E-state index contributed by atoms with van der Waals surface area (Å²) in [4.78, 5) is 37.7. The second-order valence-corrected chi connectivity index (χ2v) is 13.7. The number of benzene rings is 3. The average molecular weight is 945 g/mol. The van der Waals surface area contributed by atoms with E-state index in [9.17, 15) is 14.4 Å². The molecule has 5 aliphatic heterocycles. The van der Waals surface area contributed by atoms with Crippen LogP contribution in [0.5, 0.6) is 17.2 Å². The van der Waals surface area contributed by atoms with Gasteiger partial charge in [0.05, 0.1) is 13.1 Å². The molecule has 1 unspecified atom stereocenters. The first kappa shape index (κ1) is 53.1. The molecule has 3 aromatic rings. The van der Waals surface area contributed by atoms with E-state index in [1.807, 2.05) is 65.8 Å². The van der Waals surface area contributed by atoms with Crippen molar-refractivity contribution >= 4 is 39.6 Å². The molecule has 0 bridgehead atoms. The first-order valence-corrected chi connectivity index (χ1v) is 21.6. The second kappa shape index (κ2) is 31.0. The number of rotatable bonds is 0. The predicted octanol–water partition coefficient (Wildman–Crippen LogP) is 11.5. The Hall–Kier alpha value is -3.93. The molecule has 3 amide bonds. The zero-order valence-corrected chi connectivity index (χ0v) is 38.1. The van der Waals surface area contributed by atoms with E-state index in [0.717, 1.165) is 43.1 Å². The van der Waals surface area contributed by atoms with Crippen molar-refractivity contribution in [2.45, 2.75) is 70.0 Å². The van der Waals surface area contributed by atoms with Crippen molar-refractivity contribution in [3.05, 3.63) is 129 Å². The number of para-hydroxylation sites is 3. The number of nitrogens with zero attached hydrogens (tertiary/aromatic N) is 3. The number of fused-ring (bicyclic) bond motifs is 3. The molecule has 2 saturated heterocycles. The van der Waals surface area contributed by atoms with Gasteiger partial charge in [0.25, 0.3) is 0 Å². The van der Waals surface area contributed by atoms with Crippen LogP contribution in [0, 0.1) is 14.9 Å². The molecule has 326 valence electrons. The summed E-state index contributed by atoms with van der Waals surface area (Å²) < 4.78 is 25.0. The molecule has 1 atom stereocenters. The predicted molar refractivity (Wildman–Crippen MR) is 232 cm³/mol. The Labute approximate surface area is 371 Å². The molecule has 11 nitrogen and oxygen atoms in total. The van der Waals surface area contributed by atoms with Gasteiger partial charge in [0.1, 0.15) is 22.7 Å². The molecular weight excluding hydrogens is 884 g/mol. The molecule has 2 fully saturated rings. The van der Waals surface area contributed by atoms with Gasteiger partial charge in [-0.1, -0.05) is 90.5 Å². The van der Waals surface area contributed by atoms with Gasteiger partial charge in [-0.2, -0.15) is 0 Å². The third-order valence-electron chi connectivity index (χ3n) is 8.77. The molecule has 0 radical (unpaired) electrons. The van der Waals surface area contributed by atoms with E-state index in [-0.39, 0.29) is 27.0 Å². The van der Waals surface area contributed by atoms with Gasteiger partial charge in [-0.15, -0.1) is 0 Å². The van der Waals surface area contributed by atoms with Gasteiger partial charge >= 0.3 is 45.3 Å². The number of carbonyl (C=O) groups is 3. The summed E-state index contributed by atoms with van der Waals surface area (Å²) >= 11 is 8.04. The Morgan fingerprint density at radius 3 is 1.24 bits per heavy atom. The summed E-state index contributed by atoms with van der Waals surface area (Å²) in [5, 5.41) is 0. The Morgan fingerprint density at radius 2 is 0.864 bits per heavy atom. The van der Waals surface area contributed by atoms with Gasteiger partial charge in [0, 0.05) is 64.3 Å². The standard InChI is InChI=1S/C9H8ClNO2.2C9H9NO2.C8H12.2C4H8O.2CH3.ClH.Rh/c1-11-8(10)6-4-2-3-5-7(6)13-9(11)12;2*1-10-6-7-4-2-3-5-8(7)12-9(10)11;1-2-4-6-8-7-5-3-1;2*1-2-4-5-3-1;;;;/h2-5,8H,1H3;2*2-5H,6H2,1H3;1-2,7-8H,3-6H2;2*1-4H2;2*1H3;1H;/q;;;;;;2*-1;;+3/p-1/b;;;2-1-,8-7?;;;;;;. The summed E-state index contributed by atoms with van der Waals surface area (Å²) in [5.41, 5.74) is 2.50. The van der Waals surface area contributed by atoms with E-state index in [1.54, 1.807) is 55.2 Å². The third-order valence-corrected chi connectivity index (χ3v) is 9.29. The molecule has 14 heteroatoms. The van der Waals surface area contributed by atoms with Crippen molar-refractivity contribution < 1.29 is 55.4 Å². The van der Waals surface area contributed by atoms with Crippen LogP contribution in [0.25, 0.3) is 0 Å². The molecule has 5 heterocycles. The van der Waals surface area contributed by atoms with Gasteiger partial charge < -0.3 is 48.3 Å². The van der Waals surface area contributed by atoms with Crippen molar-refractivity contribution in [1.29, 1.82) is 0 Å². The van der Waals surface area contributed by atoms with Crippen molar-refractivity contribution in [1.82, 2.24) is 14.7 Å². The van der Waals surface area contributed by atoms with Gasteiger partial charge in [-0.25, -0.2) is 14.4 Å². The Kier molecular flexibility index (Phi) is 27.9. The van der Waals surface area contributed by atoms with E-state index in [1.165, 1.54) is 56.3 Å². The van der Waals surface area contributed by atoms with E-state index < -0.39 is 11.6 Å². The SMILES string of the molecule is C1=CCC/C=C\CC1.C1CCOC1.C1CCOC1.CN1C(=O)Oc2ccccc2C1Cl.CN1Cc2ccccc2OC1=O.CN1Cc2ccccc2OC1=O.[CH3-].[CH3-].[Cl][Rh+2]. The van der Waals surface area contributed by atoms with Crippen molar-refractivity contribution in [3.8, 4) is 17.2 Å². The number of carbonyl (C=O) groups excluding carboxylic acids is 3. The molecule has 0 saturated carbocycles. The molecule has 59 heavy (non-hydrogen) atoms. The third kappa shape index (κ3) is 19.3. The number of ether oxygens (including phenoxy) is 5. The fraction of sp³-hybridized carbons (Fsp3) is 0.400. The number of hydrogen-bond donors (Lipinski definition) is 0. The van der Waals surface area contributed by atoms with Gasteiger partial charge in [-0.05, 0) is 69.6 Å². The van der Waals surface area contributed by atoms with Crippen LogP contribution in [0.1, 0.15) is 73.6 Å². The summed E-state index contributed by atoms with van der Waals surface area (Å²) in [6, 6.07) is 22.4. The number of allylic oxidation sites excluding steroid dienone is 4. The normalized spacial score (nSPS) is 18.3. The molecule has 3 aromatic carbocycles. The topological polar surface area (TPSA) is 107 Å². The second-order valence-electron chi connectivity index (χ2n) is 13.3. The van der Waals surface area contributed by atoms with Crippen LogP contribution in [0.2, 0.25) is 0 Å². The number of halogens is 2. The van der Waals surface area contributed by atoms with Gasteiger partial charge in [0.2, 0.25) is 0 Å². The van der Waals surface area contributed by atoms with Crippen molar-refractivity contribution in [2.24, 2.45) is 0 Å². The Balaban J connectivity index is 0.000000359. The number of amides is 3. The van der Waals surface area contributed by atoms with E-state index in [4.69, 9.17) is 35.3 Å². The molecule has 9 rings (SSSR count).